The lowest BCUT2D eigenvalue weighted by atomic mass is 9.58. The summed E-state index contributed by atoms with van der Waals surface area (Å²) in [5.41, 5.74) is 11.1. The summed E-state index contributed by atoms with van der Waals surface area (Å²) in [6.45, 7) is 10.2. The minimum Gasteiger partial charge on any atom is -0.508 e. The van der Waals surface area contributed by atoms with Crippen molar-refractivity contribution < 1.29 is 20.1 Å². The van der Waals surface area contributed by atoms with Gasteiger partial charge in [0.15, 0.2) is 0 Å². The van der Waals surface area contributed by atoms with E-state index in [1.165, 1.54) is 52.7 Å². The SMILES string of the molecule is Cc1cc(C2C3CC(c4ccc(C5CC6CC5CC6(C5=CC(C)C(=O)C(C)C5)c5ccc(O)c(C)c5)cc4)C(C3)C2c2ccc(O)c(C)c2)ccc1O. The monoisotopic (exact) mass is 706 g/mol. The third-order valence-corrected chi connectivity index (χ3v) is 15.2. The molecule has 4 heteroatoms. The molecule has 4 bridgehead atoms. The number of hydrogen-bond acceptors (Lipinski definition) is 4. The number of Topliss-reactive ketones (excluding diaryl/α,β-unsaturated/α-hetero) is 1. The molecule has 274 valence electrons. The standard InChI is InChI=1S/C49H54O4/c1-26-16-33(10-13-43(26)50)46-35-22-41(42(23-35)47(46)34-11-14-44(51)27(2)17-34)32-8-6-31(7-9-32)40-24-39-21-36(40)25-49(39,37-12-15-45(52)28(3)18-37)38-19-29(4)48(53)30(5)20-38/h6-19,29-30,35-36,39-42,46-47,50-52H,20-25H2,1-5H3. The van der Waals surface area contributed by atoms with E-state index in [1.807, 2.05) is 39.0 Å². The van der Waals surface area contributed by atoms with Crippen molar-refractivity contribution in [2.75, 3.05) is 0 Å². The number of ketones is 1. The van der Waals surface area contributed by atoms with E-state index in [4.69, 9.17) is 0 Å². The minimum absolute atomic E-state index is 0.0460. The van der Waals surface area contributed by atoms with Crippen molar-refractivity contribution in [3.63, 3.8) is 0 Å². The third-order valence-electron chi connectivity index (χ3n) is 15.2. The predicted octanol–water partition coefficient (Wildman–Crippen LogP) is 11.0. The Hall–Kier alpha value is -4.31. The summed E-state index contributed by atoms with van der Waals surface area (Å²) in [7, 11) is 0. The van der Waals surface area contributed by atoms with Gasteiger partial charge in [-0.05, 0) is 169 Å². The van der Waals surface area contributed by atoms with E-state index in [0.29, 0.717) is 70.4 Å². The number of benzene rings is 4. The Bertz CT molecular complexity index is 2130. The summed E-state index contributed by atoms with van der Waals surface area (Å²) in [4.78, 5) is 12.9. The molecule has 0 aromatic heterocycles. The Morgan fingerprint density at radius 2 is 1.17 bits per heavy atom. The van der Waals surface area contributed by atoms with Crippen LogP contribution in [0, 0.1) is 56.3 Å². The molecule has 0 aliphatic heterocycles. The Labute approximate surface area is 315 Å². The van der Waals surface area contributed by atoms with Gasteiger partial charge in [0.2, 0.25) is 0 Å². The molecule has 0 saturated heterocycles. The summed E-state index contributed by atoms with van der Waals surface area (Å²) >= 11 is 0. The normalized spacial score (nSPS) is 34.5. The number of phenols is 3. The second-order valence-corrected chi connectivity index (χ2v) is 18.0. The second-order valence-electron chi connectivity index (χ2n) is 18.0. The quantitative estimate of drug-likeness (QED) is 0.174. The number of aromatic hydroxyl groups is 3. The summed E-state index contributed by atoms with van der Waals surface area (Å²) in [6, 6.07) is 28.5. The van der Waals surface area contributed by atoms with Crippen molar-refractivity contribution in [1.82, 2.24) is 0 Å². The molecule has 9 rings (SSSR count). The lowest BCUT2D eigenvalue weighted by Crippen LogP contribution is -2.40. The van der Waals surface area contributed by atoms with Crippen LogP contribution >= 0.6 is 0 Å². The van der Waals surface area contributed by atoms with Crippen molar-refractivity contribution in [3.05, 3.63) is 135 Å². The summed E-state index contributed by atoms with van der Waals surface area (Å²) in [5, 5.41) is 31.2. The Kier molecular flexibility index (Phi) is 8.22. The molecule has 0 spiro atoms. The van der Waals surface area contributed by atoms with Gasteiger partial charge in [0.1, 0.15) is 23.0 Å². The van der Waals surface area contributed by atoms with Crippen LogP contribution in [0.1, 0.15) is 121 Å². The predicted molar refractivity (Wildman–Crippen MR) is 211 cm³/mol. The van der Waals surface area contributed by atoms with Crippen LogP contribution in [0.5, 0.6) is 17.2 Å². The zero-order valence-corrected chi connectivity index (χ0v) is 31.8. The largest absolute Gasteiger partial charge is 0.508 e. The van der Waals surface area contributed by atoms with Gasteiger partial charge in [0.05, 0.1) is 0 Å². The van der Waals surface area contributed by atoms with Gasteiger partial charge in [-0.2, -0.15) is 0 Å². The molecule has 4 fully saturated rings. The van der Waals surface area contributed by atoms with E-state index < -0.39 is 0 Å². The summed E-state index contributed by atoms with van der Waals surface area (Å²) < 4.78 is 0. The number of carbonyl (C=O) groups excluding carboxylic acids is 1. The smallest absolute Gasteiger partial charge is 0.142 e. The second kappa shape index (κ2) is 12.6. The first-order valence-electron chi connectivity index (χ1n) is 20.2. The van der Waals surface area contributed by atoms with Crippen LogP contribution in [0.2, 0.25) is 0 Å². The number of fused-ring (bicyclic) bond motifs is 4. The molecule has 4 nitrogen and oxygen atoms in total. The zero-order chi connectivity index (χ0) is 36.9. The molecule has 0 amide bonds. The van der Waals surface area contributed by atoms with Gasteiger partial charge < -0.3 is 15.3 Å². The molecule has 5 aliphatic carbocycles. The van der Waals surface area contributed by atoms with Gasteiger partial charge in [-0.1, -0.05) is 86.2 Å². The number of aryl methyl sites for hydroxylation is 3. The molecular weight excluding hydrogens is 653 g/mol. The molecule has 3 N–H and O–H groups in total. The molecular formula is C49H54O4. The first-order chi connectivity index (χ1) is 25.4. The molecule has 0 heterocycles. The van der Waals surface area contributed by atoms with Crippen molar-refractivity contribution in [2.24, 2.45) is 35.5 Å². The molecule has 4 aromatic carbocycles. The maximum Gasteiger partial charge on any atom is 0.142 e. The van der Waals surface area contributed by atoms with E-state index in [2.05, 4.69) is 80.6 Å². The fourth-order valence-corrected chi connectivity index (χ4v) is 12.7. The van der Waals surface area contributed by atoms with Crippen LogP contribution in [-0.4, -0.2) is 21.1 Å². The van der Waals surface area contributed by atoms with Crippen LogP contribution in [0.15, 0.2) is 90.5 Å². The van der Waals surface area contributed by atoms with E-state index in [1.54, 1.807) is 0 Å². The summed E-state index contributed by atoms with van der Waals surface area (Å²) in [6.07, 6.45) is 9.00. The van der Waals surface area contributed by atoms with Crippen molar-refractivity contribution in [3.8, 4) is 17.2 Å². The maximum absolute atomic E-state index is 12.9. The fourth-order valence-electron chi connectivity index (χ4n) is 12.7. The van der Waals surface area contributed by atoms with Crippen LogP contribution in [0.25, 0.3) is 0 Å². The maximum atomic E-state index is 12.9. The van der Waals surface area contributed by atoms with Gasteiger partial charge in [0.25, 0.3) is 0 Å². The van der Waals surface area contributed by atoms with Gasteiger partial charge in [-0.15, -0.1) is 0 Å². The highest BCUT2D eigenvalue weighted by Crippen LogP contribution is 2.67. The first-order valence-corrected chi connectivity index (χ1v) is 20.2. The molecule has 0 radical (unpaired) electrons. The average molecular weight is 707 g/mol. The van der Waals surface area contributed by atoms with Crippen LogP contribution in [-0.2, 0) is 10.2 Å². The first kappa shape index (κ1) is 34.5. The van der Waals surface area contributed by atoms with E-state index in [9.17, 15) is 20.1 Å². The van der Waals surface area contributed by atoms with Gasteiger partial charge in [0, 0.05) is 17.3 Å². The fraction of sp³-hybridized carbons (Fsp3) is 0.449. The van der Waals surface area contributed by atoms with Crippen molar-refractivity contribution in [2.45, 2.75) is 102 Å². The molecule has 4 saturated carbocycles. The van der Waals surface area contributed by atoms with Gasteiger partial charge in [-0.25, -0.2) is 0 Å². The van der Waals surface area contributed by atoms with Crippen LogP contribution in [0.4, 0.5) is 0 Å². The molecule has 53 heavy (non-hydrogen) atoms. The average Bonchev–Trinajstić information content (AvgIpc) is 3.94. The van der Waals surface area contributed by atoms with Crippen LogP contribution < -0.4 is 0 Å². The van der Waals surface area contributed by atoms with Crippen molar-refractivity contribution >= 4 is 5.78 Å². The topological polar surface area (TPSA) is 77.8 Å². The summed E-state index contributed by atoms with van der Waals surface area (Å²) in [5.74, 6) is 5.41. The van der Waals surface area contributed by atoms with E-state index in [-0.39, 0.29) is 17.3 Å². The minimum atomic E-state index is -0.0694. The van der Waals surface area contributed by atoms with E-state index in [0.717, 1.165) is 36.0 Å². The lowest BCUT2D eigenvalue weighted by molar-refractivity contribution is -0.125. The number of allylic oxidation sites excluding steroid dienone is 2. The number of rotatable bonds is 6. The number of hydrogen-bond donors (Lipinski definition) is 3. The van der Waals surface area contributed by atoms with Gasteiger partial charge in [-0.3, -0.25) is 4.79 Å². The lowest BCUT2D eigenvalue weighted by Gasteiger charge is -2.45. The Morgan fingerprint density at radius 3 is 1.74 bits per heavy atom. The molecule has 5 aliphatic rings. The zero-order valence-electron chi connectivity index (χ0n) is 31.8. The van der Waals surface area contributed by atoms with Crippen molar-refractivity contribution in [1.29, 1.82) is 0 Å². The number of phenolic OH excluding ortho intramolecular Hbond substituents is 3. The third kappa shape index (κ3) is 5.41. The highest BCUT2D eigenvalue weighted by Gasteiger charge is 2.58. The Balaban J connectivity index is 0.993. The highest BCUT2D eigenvalue weighted by atomic mass is 16.3. The van der Waals surface area contributed by atoms with Gasteiger partial charge >= 0.3 is 0 Å². The Morgan fingerprint density at radius 1 is 0.604 bits per heavy atom. The highest BCUT2D eigenvalue weighted by molar-refractivity contribution is 5.86. The molecule has 11 atom stereocenters. The number of carbonyl (C=O) groups is 1. The molecule has 4 aromatic rings. The molecule has 11 unspecified atom stereocenters. The van der Waals surface area contributed by atoms with Crippen LogP contribution in [0.3, 0.4) is 0 Å². The van der Waals surface area contributed by atoms with E-state index >= 15 is 0 Å².